The average molecular weight is 283 g/mol. The number of benzene rings is 2. The minimum atomic E-state index is 0.435. The SMILES string of the molecule is CCCCCCCCN[C@H](C)c1ccc2ccccc2c1. The first-order chi connectivity index (χ1) is 10.3. The maximum Gasteiger partial charge on any atom is 0.0292 e. The molecule has 0 unspecified atom stereocenters. The van der Waals surface area contributed by atoms with Gasteiger partial charge in [0.25, 0.3) is 0 Å². The molecule has 0 radical (unpaired) electrons. The van der Waals surface area contributed by atoms with Crippen molar-refractivity contribution in [1.29, 1.82) is 0 Å². The molecule has 1 N–H and O–H groups in total. The zero-order valence-electron chi connectivity index (χ0n) is 13.6. The van der Waals surface area contributed by atoms with E-state index >= 15 is 0 Å². The second-order valence-electron chi connectivity index (χ2n) is 6.05. The highest BCUT2D eigenvalue weighted by Gasteiger charge is 2.05. The zero-order chi connectivity index (χ0) is 14.9. The molecule has 1 atom stereocenters. The van der Waals surface area contributed by atoms with Crippen molar-refractivity contribution >= 4 is 10.8 Å². The molecule has 0 amide bonds. The quantitative estimate of drug-likeness (QED) is 0.569. The predicted octanol–water partition coefficient (Wildman–Crippen LogP) is 5.85. The van der Waals surface area contributed by atoms with E-state index in [1.54, 1.807) is 0 Å². The smallest absolute Gasteiger partial charge is 0.0292 e. The molecule has 0 saturated heterocycles. The van der Waals surface area contributed by atoms with Crippen molar-refractivity contribution in [2.24, 2.45) is 0 Å². The summed E-state index contributed by atoms with van der Waals surface area (Å²) in [5, 5.41) is 6.31. The van der Waals surface area contributed by atoms with Gasteiger partial charge >= 0.3 is 0 Å². The summed E-state index contributed by atoms with van der Waals surface area (Å²) in [6.45, 7) is 5.66. The van der Waals surface area contributed by atoms with Gasteiger partial charge in [-0.05, 0) is 42.3 Å². The molecule has 0 aromatic heterocycles. The Hall–Kier alpha value is -1.34. The molecule has 0 aliphatic carbocycles. The summed E-state index contributed by atoms with van der Waals surface area (Å²) in [4.78, 5) is 0. The topological polar surface area (TPSA) is 12.0 Å². The molecule has 21 heavy (non-hydrogen) atoms. The molecule has 0 spiro atoms. The van der Waals surface area contributed by atoms with Gasteiger partial charge in [0.05, 0.1) is 0 Å². The second kappa shape index (κ2) is 8.84. The molecule has 2 rings (SSSR count). The van der Waals surface area contributed by atoms with Crippen molar-refractivity contribution in [3.8, 4) is 0 Å². The van der Waals surface area contributed by atoms with E-state index < -0.39 is 0 Å². The van der Waals surface area contributed by atoms with Crippen molar-refractivity contribution in [2.75, 3.05) is 6.54 Å². The van der Waals surface area contributed by atoms with Crippen LogP contribution in [-0.4, -0.2) is 6.54 Å². The predicted molar refractivity (Wildman–Crippen MR) is 93.7 cm³/mol. The molecular weight excluding hydrogens is 254 g/mol. The fourth-order valence-electron chi connectivity index (χ4n) is 2.82. The lowest BCUT2D eigenvalue weighted by molar-refractivity contribution is 0.527. The van der Waals surface area contributed by atoms with E-state index in [1.165, 1.54) is 54.9 Å². The molecule has 1 nitrogen and oxygen atoms in total. The highest BCUT2D eigenvalue weighted by molar-refractivity contribution is 5.83. The summed E-state index contributed by atoms with van der Waals surface area (Å²) in [7, 11) is 0. The van der Waals surface area contributed by atoms with E-state index in [0.717, 1.165) is 6.54 Å². The van der Waals surface area contributed by atoms with Crippen LogP contribution in [0.4, 0.5) is 0 Å². The summed E-state index contributed by atoms with van der Waals surface area (Å²) >= 11 is 0. The van der Waals surface area contributed by atoms with Crippen LogP contribution in [0.5, 0.6) is 0 Å². The molecule has 114 valence electrons. The number of hydrogen-bond acceptors (Lipinski definition) is 1. The van der Waals surface area contributed by atoms with Crippen molar-refractivity contribution in [3.63, 3.8) is 0 Å². The van der Waals surface area contributed by atoms with Crippen LogP contribution in [-0.2, 0) is 0 Å². The standard InChI is InChI=1S/C20H29N/c1-3-4-5-6-7-10-15-21-17(2)19-14-13-18-11-8-9-12-20(18)16-19/h8-9,11-14,16-17,21H,3-7,10,15H2,1-2H3/t17-/m1/s1. The summed E-state index contributed by atoms with van der Waals surface area (Å²) in [6, 6.07) is 15.8. The lowest BCUT2D eigenvalue weighted by atomic mass is 10.0. The minimum absolute atomic E-state index is 0.435. The van der Waals surface area contributed by atoms with Gasteiger partial charge < -0.3 is 5.32 Å². The molecule has 2 aromatic carbocycles. The van der Waals surface area contributed by atoms with Crippen LogP contribution in [0.3, 0.4) is 0 Å². The van der Waals surface area contributed by atoms with Crippen molar-refractivity contribution in [3.05, 3.63) is 48.0 Å². The molecule has 0 saturated carbocycles. The third kappa shape index (κ3) is 5.17. The first-order valence-electron chi connectivity index (χ1n) is 8.53. The van der Waals surface area contributed by atoms with Gasteiger partial charge in [0, 0.05) is 6.04 Å². The van der Waals surface area contributed by atoms with Gasteiger partial charge in [-0.25, -0.2) is 0 Å². The van der Waals surface area contributed by atoms with Crippen molar-refractivity contribution < 1.29 is 0 Å². The highest BCUT2D eigenvalue weighted by atomic mass is 14.9. The Morgan fingerprint density at radius 3 is 2.38 bits per heavy atom. The average Bonchev–Trinajstić information content (AvgIpc) is 2.53. The van der Waals surface area contributed by atoms with Crippen LogP contribution in [0.2, 0.25) is 0 Å². The maximum atomic E-state index is 3.65. The normalized spacial score (nSPS) is 12.7. The van der Waals surface area contributed by atoms with Gasteiger partial charge in [-0.3, -0.25) is 0 Å². The van der Waals surface area contributed by atoms with E-state index in [1.807, 2.05) is 0 Å². The molecule has 0 fully saturated rings. The Kier molecular flexibility index (Phi) is 6.75. The zero-order valence-corrected chi connectivity index (χ0v) is 13.6. The first kappa shape index (κ1) is 16.0. The Balaban J connectivity index is 1.75. The largest absolute Gasteiger partial charge is 0.310 e. The molecule has 0 heterocycles. The third-order valence-electron chi connectivity index (χ3n) is 4.25. The number of nitrogens with one attached hydrogen (secondary N) is 1. The molecule has 1 heteroatoms. The summed E-state index contributed by atoms with van der Waals surface area (Å²) in [5.41, 5.74) is 1.39. The van der Waals surface area contributed by atoms with Gasteiger partial charge in [0.15, 0.2) is 0 Å². The van der Waals surface area contributed by atoms with Crippen LogP contribution >= 0.6 is 0 Å². The number of hydrogen-bond donors (Lipinski definition) is 1. The molecule has 0 aliphatic rings. The summed E-state index contributed by atoms with van der Waals surface area (Å²) < 4.78 is 0. The second-order valence-corrected chi connectivity index (χ2v) is 6.05. The van der Waals surface area contributed by atoms with E-state index in [9.17, 15) is 0 Å². The van der Waals surface area contributed by atoms with Gasteiger partial charge in [-0.1, -0.05) is 75.4 Å². The van der Waals surface area contributed by atoms with Crippen molar-refractivity contribution in [2.45, 2.75) is 58.4 Å². The fourth-order valence-corrected chi connectivity index (χ4v) is 2.82. The summed E-state index contributed by atoms with van der Waals surface area (Å²) in [6.07, 6.45) is 8.16. The van der Waals surface area contributed by atoms with E-state index in [0.29, 0.717) is 6.04 Å². The Morgan fingerprint density at radius 1 is 0.857 bits per heavy atom. The monoisotopic (exact) mass is 283 g/mol. The van der Waals surface area contributed by atoms with Crippen LogP contribution in [0.25, 0.3) is 10.8 Å². The van der Waals surface area contributed by atoms with Gasteiger partial charge in [0.2, 0.25) is 0 Å². The van der Waals surface area contributed by atoms with Gasteiger partial charge in [-0.15, -0.1) is 0 Å². The maximum absolute atomic E-state index is 3.65. The number of unbranched alkanes of at least 4 members (excludes halogenated alkanes) is 5. The Labute approximate surface area is 129 Å². The van der Waals surface area contributed by atoms with E-state index in [4.69, 9.17) is 0 Å². The summed E-state index contributed by atoms with van der Waals surface area (Å²) in [5.74, 6) is 0. The lowest BCUT2D eigenvalue weighted by Crippen LogP contribution is -2.19. The van der Waals surface area contributed by atoms with Crippen LogP contribution < -0.4 is 5.32 Å². The highest BCUT2D eigenvalue weighted by Crippen LogP contribution is 2.20. The first-order valence-corrected chi connectivity index (χ1v) is 8.53. The molecule has 0 bridgehead atoms. The molecular formula is C20H29N. The minimum Gasteiger partial charge on any atom is -0.310 e. The molecule has 0 aliphatic heterocycles. The lowest BCUT2D eigenvalue weighted by Gasteiger charge is -2.15. The third-order valence-corrected chi connectivity index (χ3v) is 4.25. The van der Waals surface area contributed by atoms with E-state index in [-0.39, 0.29) is 0 Å². The molecule has 2 aromatic rings. The van der Waals surface area contributed by atoms with Crippen LogP contribution in [0, 0.1) is 0 Å². The van der Waals surface area contributed by atoms with E-state index in [2.05, 4.69) is 61.6 Å². The van der Waals surface area contributed by atoms with Crippen molar-refractivity contribution in [1.82, 2.24) is 5.32 Å². The number of rotatable bonds is 9. The van der Waals surface area contributed by atoms with Gasteiger partial charge in [0.1, 0.15) is 0 Å². The Bertz CT molecular complexity index is 532. The van der Waals surface area contributed by atoms with Crippen LogP contribution in [0.1, 0.15) is 64.0 Å². The fraction of sp³-hybridized carbons (Fsp3) is 0.500. The Morgan fingerprint density at radius 2 is 1.57 bits per heavy atom. The van der Waals surface area contributed by atoms with Crippen LogP contribution in [0.15, 0.2) is 42.5 Å². The van der Waals surface area contributed by atoms with Gasteiger partial charge in [-0.2, -0.15) is 0 Å². The number of fused-ring (bicyclic) bond motifs is 1.